The SMILES string of the molecule is C[Si](C)(C)c1cccc2c(Br)c(-c3ccccc3)nn12.C[Si](C)(C)c1cccc2cc(-c3ccccc3)nn12. The van der Waals surface area contributed by atoms with E-state index in [1.807, 2.05) is 24.3 Å². The lowest BCUT2D eigenvalue weighted by atomic mass is 10.1. The normalized spacial score (nSPS) is 12.0. The summed E-state index contributed by atoms with van der Waals surface area (Å²) in [5.74, 6) is 0. The second-order valence-electron chi connectivity index (χ2n) is 11.9. The molecule has 0 aliphatic heterocycles. The zero-order valence-corrected chi connectivity index (χ0v) is 27.1. The van der Waals surface area contributed by atoms with Gasteiger partial charge in [-0.3, -0.25) is 0 Å². The van der Waals surface area contributed by atoms with Crippen molar-refractivity contribution in [1.29, 1.82) is 0 Å². The van der Waals surface area contributed by atoms with Crippen molar-refractivity contribution in [3.8, 4) is 22.5 Å². The fourth-order valence-electron chi connectivity index (χ4n) is 4.72. The molecule has 0 saturated carbocycles. The average Bonchev–Trinajstić information content (AvgIpc) is 3.50. The largest absolute Gasteiger partial charge is 0.242 e. The molecule has 39 heavy (non-hydrogen) atoms. The third-order valence-electron chi connectivity index (χ3n) is 6.74. The van der Waals surface area contributed by atoms with Gasteiger partial charge in [-0.25, -0.2) is 9.03 Å². The van der Waals surface area contributed by atoms with E-state index in [2.05, 4.69) is 143 Å². The van der Waals surface area contributed by atoms with Crippen LogP contribution in [0.3, 0.4) is 0 Å². The molecule has 7 heteroatoms. The van der Waals surface area contributed by atoms with E-state index in [4.69, 9.17) is 10.2 Å². The fraction of sp³-hybridized carbons (Fsp3) is 0.188. The van der Waals surface area contributed by atoms with Crippen molar-refractivity contribution in [1.82, 2.24) is 19.2 Å². The molecule has 4 aromatic heterocycles. The lowest BCUT2D eigenvalue weighted by Crippen LogP contribution is -2.42. The minimum atomic E-state index is -1.43. The Morgan fingerprint density at radius 2 is 1.10 bits per heavy atom. The maximum absolute atomic E-state index is 4.85. The van der Waals surface area contributed by atoms with Crippen molar-refractivity contribution in [3.05, 3.63) is 108 Å². The minimum absolute atomic E-state index is 1.01. The van der Waals surface area contributed by atoms with Crippen molar-refractivity contribution < 1.29 is 0 Å². The molecule has 0 spiro atoms. The maximum Gasteiger partial charge on any atom is 0.108 e. The Kier molecular flexibility index (Phi) is 7.50. The van der Waals surface area contributed by atoms with Crippen LogP contribution in [0.4, 0.5) is 0 Å². The maximum atomic E-state index is 4.85. The second-order valence-corrected chi connectivity index (χ2v) is 22.7. The molecule has 198 valence electrons. The molecule has 0 radical (unpaired) electrons. The van der Waals surface area contributed by atoms with Gasteiger partial charge in [-0.15, -0.1) is 0 Å². The summed E-state index contributed by atoms with van der Waals surface area (Å²) in [4.78, 5) is 0. The van der Waals surface area contributed by atoms with Gasteiger partial charge in [-0.05, 0) is 46.3 Å². The second kappa shape index (κ2) is 10.7. The van der Waals surface area contributed by atoms with Crippen LogP contribution in [0.25, 0.3) is 33.5 Å². The van der Waals surface area contributed by atoms with E-state index in [-0.39, 0.29) is 0 Å². The monoisotopic (exact) mass is 610 g/mol. The molecule has 0 atom stereocenters. The van der Waals surface area contributed by atoms with Crippen LogP contribution >= 0.6 is 15.9 Å². The van der Waals surface area contributed by atoms with Crippen LogP contribution in [0.2, 0.25) is 39.3 Å². The molecular formula is C32H35BrN4Si2. The van der Waals surface area contributed by atoms with Crippen LogP contribution in [0, 0.1) is 0 Å². The molecule has 0 unspecified atom stereocenters. The number of benzene rings is 2. The third kappa shape index (κ3) is 5.71. The zero-order valence-electron chi connectivity index (χ0n) is 23.5. The van der Waals surface area contributed by atoms with Crippen molar-refractivity contribution >= 4 is 53.7 Å². The Balaban J connectivity index is 0.000000158. The van der Waals surface area contributed by atoms with Gasteiger partial charge in [0.15, 0.2) is 0 Å². The number of halogens is 1. The average molecular weight is 612 g/mol. The first-order valence-corrected chi connectivity index (χ1v) is 21.1. The summed E-state index contributed by atoms with van der Waals surface area (Å²) in [6, 6.07) is 35.8. The Bertz CT molecular complexity index is 1730. The van der Waals surface area contributed by atoms with Crippen LogP contribution in [0.5, 0.6) is 0 Å². The van der Waals surface area contributed by atoms with Crippen LogP contribution in [0.15, 0.2) is 108 Å². The Hall–Kier alpha value is -3.27. The van der Waals surface area contributed by atoms with Crippen molar-refractivity contribution in [2.24, 2.45) is 0 Å². The van der Waals surface area contributed by atoms with Gasteiger partial charge in [0.1, 0.15) is 21.8 Å². The number of aromatic nitrogens is 4. The predicted molar refractivity (Wildman–Crippen MR) is 175 cm³/mol. The molecule has 2 aromatic carbocycles. The summed E-state index contributed by atoms with van der Waals surface area (Å²) in [5.41, 5.74) is 6.70. The molecule has 0 bridgehead atoms. The molecule has 6 aromatic rings. The van der Waals surface area contributed by atoms with Gasteiger partial charge in [0.25, 0.3) is 0 Å². The van der Waals surface area contributed by atoms with Crippen molar-refractivity contribution in [3.63, 3.8) is 0 Å². The summed E-state index contributed by atoms with van der Waals surface area (Å²) in [6.07, 6.45) is 0. The van der Waals surface area contributed by atoms with Crippen LogP contribution in [0.1, 0.15) is 0 Å². The molecular weight excluding hydrogens is 576 g/mol. The topological polar surface area (TPSA) is 34.6 Å². The van der Waals surface area contributed by atoms with E-state index in [1.54, 1.807) is 0 Å². The molecule has 4 heterocycles. The highest BCUT2D eigenvalue weighted by Crippen LogP contribution is 2.30. The highest BCUT2D eigenvalue weighted by atomic mass is 79.9. The number of hydrogen-bond donors (Lipinski definition) is 0. The Morgan fingerprint density at radius 1 is 0.564 bits per heavy atom. The van der Waals surface area contributed by atoms with E-state index in [9.17, 15) is 0 Å². The first kappa shape index (κ1) is 27.3. The van der Waals surface area contributed by atoms with Gasteiger partial charge in [0, 0.05) is 21.8 Å². The van der Waals surface area contributed by atoms with E-state index in [0.717, 1.165) is 26.9 Å². The van der Waals surface area contributed by atoms with E-state index >= 15 is 0 Å². The first-order chi connectivity index (χ1) is 18.5. The molecule has 0 fully saturated rings. The third-order valence-corrected chi connectivity index (χ3v) is 11.3. The molecule has 0 aliphatic carbocycles. The van der Waals surface area contributed by atoms with E-state index < -0.39 is 16.1 Å². The summed E-state index contributed by atoms with van der Waals surface area (Å²) in [5, 5.41) is 12.4. The summed E-state index contributed by atoms with van der Waals surface area (Å²) >= 11 is 3.72. The van der Waals surface area contributed by atoms with Crippen molar-refractivity contribution in [2.75, 3.05) is 0 Å². The number of rotatable bonds is 4. The lowest BCUT2D eigenvalue weighted by molar-refractivity contribution is 0.989. The van der Waals surface area contributed by atoms with E-state index in [0.29, 0.717) is 0 Å². The smallest absolute Gasteiger partial charge is 0.108 e. The van der Waals surface area contributed by atoms with Gasteiger partial charge >= 0.3 is 0 Å². The van der Waals surface area contributed by atoms with Crippen molar-refractivity contribution in [2.45, 2.75) is 39.3 Å². The Morgan fingerprint density at radius 3 is 1.69 bits per heavy atom. The van der Waals surface area contributed by atoms with E-state index in [1.165, 1.54) is 21.7 Å². The quantitative estimate of drug-likeness (QED) is 0.190. The fourth-order valence-corrected chi connectivity index (χ4v) is 8.14. The molecule has 0 aliphatic rings. The summed E-state index contributed by atoms with van der Waals surface area (Å²) in [6.45, 7) is 14.1. The highest BCUT2D eigenvalue weighted by molar-refractivity contribution is 9.10. The zero-order chi connectivity index (χ0) is 27.8. The highest BCUT2D eigenvalue weighted by Gasteiger charge is 2.23. The number of fused-ring (bicyclic) bond motifs is 2. The number of nitrogens with zero attached hydrogens (tertiary/aromatic N) is 4. The Labute approximate surface area is 241 Å². The summed E-state index contributed by atoms with van der Waals surface area (Å²) in [7, 11) is -2.81. The molecule has 0 amide bonds. The number of hydrogen-bond acceptors (Lipinski definition) is 2. The summed E-state index contributed by atoms with van der Waals surface area (Å²) < 4.78 is 5.30. The molecule has 4 nitrogen and oxygen atoms in total. The minimum Gasteiger partial charge on any atom is -0.242 e. The lowest BCUT2D eigenvalue weighted by Gasteiger charge is -2.17. The van der Waals surface area contributed by atoms with Gasteiger partial charge in [-0.1, -0.05) is 112 Å². The first-order valence-electron chi connectivity index (χ1n) is 13.3. The predicted octanol–water partition coefficient (Wildman–Crippen LogP) is 7.86. The van der Waals surface area contributed by atoms with Gasteiger partial charge in [0.2, 0.25) is 0 Å². The standard InChI is InChI=1S/C16H17BrN2Si.C16H18N2Si/c1-20(2,3)14-11-7-10-13-15(17)16(18-19(13)14)12-8-5-4-6-9-12;1-19(2,3)16-11-7-10-14-12-15(17-18(14)16)13-8-5-4-6-9-13/h4-11H,1-3H3;4-12H,1-3H3. The molecule has 0 saturated heterocycles. The van der Waals surface area contributed by atoms with Gasteiger partial charge in [-0.2, -0.15) is 10.2 Å². The van der Waals surface area contributed by atoms with Gasteiger partial charge < -0.3 is 0 Å². The van der Waals surface area contributed by atoms with Crippen LogP contribution < -0.4 is 10.6 Å². The molecule has 0 N–H and O–H groups in total. The molecule has 6 rings (SSSR count). The van der Waals surface area contributed by atoms with Crippen LogP contribution in [-0.4, -0.2) is 35.4 Å². The number of pyridine rings is 2. The van der Waals surface area contributed by atoms with Crippen LogP contribution in [-0.2, 0) is 0 Å². The van der Waals surface area contributed by atoms with Gasteiger partial charge in [0.05, 0.1) is 21.2 Å².